The predicted molar refractivity (Wildman–Crippen MR) is 112 cm³/mol. The van der Waals surface area contributed by atoms with E-state index in [-0.39, 0.29) is 0 Å². The lowest BCUT2D eigenvalue weighted by Gasteiger charge is -2.36. The van der Waals surface area contributed by atoms with E-state index in [4.69, 9.17) is 4.74 Å². The van der Waals surface area contributed by atoms with Crippen LogP contribution in [0.25, 0.3) is 11.1 Å². The van der Waals surface area contributed by atoms with Crippen molar-refractivity contribution in [2.75, 3.05) is 26.5 Å². The molecule has 0 bridgehead atoms. The second kappa shape index (κ2) is 7.97. The molecule has 0 amide bonds. The van der Waals surface area contributed by atoms with Crippen LogP contribution >= 0.6 is 0 Å². The van der Waals surface area contributed by atoms with Gasteiger partial charge in [-0.05, 0) is 73.0 Å². The number of likely N-dealkylation sites (tertiary alicyclic amines) is 1. The van der Waals surface area contributed by atoms with E-state index in [1.165, 1.54) is 43.2 Å². The average molecular weight is 400 g/mol. The number of hydrogen-bond donors (Lipinski definition) is 0. The highest BCUT2D eigenvalue weighted by Crippen LogP contribution is 2.32. The number of sulfone groups is 1. The molecule has 1 saturated heterocycles. The first kappa shape index (κ1) is 19.6. The van der Waals surface area contributed by atoms with Gasteiger partial charge in [0.1, 0.15) is 0 Å². The Morgan fingerprint density at radius 1 is 1.07 bits per heavy atom. The van der Waals surface area contributed by atoms with Crippen molar-refractivity contribution in [3.63, 3.8) is 0 Å². The van der Waals surface area contributed by atoms with Crippen molar-refractivity contribution in [2.24, 2.45) is 0 Å². The quantitative estimate of drug-likeness (QED) is 0.769. The summed E-state index contributed by atoms with van der Waals surface area (Å²) in [5.74, 6) is 0. The molecule has 4 nitrogen and oxygen atoms in total. The Kier molecular flexibility index (Phi) is 5.59. The van der Waals surface area contributed by atoms with Gasteiger partial charge in [0, 0.05) is 25.4 Å². The van der Waals surface area contributed by atoms with Crippen LogP contribution in [0.15, 0.2) is 47.4 Å². The Balaban J connectivity index is 1.55. The molecule has 1 aliphatic heterocycles. The van der Waals surface area contributed by atoms with Crippen LogP contribution < -0.4 is 0 Å². The summed E-state index contributed by atoms with van der Waals surface area (Å²) < 4.78 is 29.2. The number of benzene rings is 2. The zero-order chi connectivity index (χ0) is 19.7. The Morgan fingerprint density at radius 2 is 1.89 bits per heavy atom. The van der Waals surface area contributed by atoms with Gasteiger partial charge in [-0.15, -0.1) is 0 Å². The molecule has 2 aromatic carbocycles. The van der Waals surface area contributed by atoms with Gasteiger partial charge < -0.3 is 4.74 Å². The van der Waals surface area contributed by atoms with Crippen molar-refractivity contribution >= 4 is 9.84 Å². The van der Waals surface area contributed by atoms with Gasteiger partial charge in [0.25, 0.3) is 0 Å². The summed E-state index contributed by atoms with van der Waals surface area (Å²) in [7, 11) is -1.39. The second-order valence-corrected chi connectivity index (χ2v) is 10.2. The Morgan fingerprint density at radius 3 is 2.68 bits per heavy atom. The highest BCUT2D eigenvalue weighted by atomic mass is 32.2. The van der Waals surface area contributed by atoms with Gasteiger partial charge >= 0.3 is 0 Å². The maximum absolute atomic E-state index is 11.9. The summed E-state index contributed by atoms with van der Waals surface area (Å²) in [5.41, 5.74) is 4.90. The number of nitrogens with zero attached hydrogens (tertiary/aromatic N) is 1. The minimum Gasteiger partial charge on any atom is -0.383 e. The minimum absolute atomic E-state index is 0.376. The fourth-order valence-electron chi connectivity index (χ4n) is 4.81. The lowest BCUT2D eigenvalue weighted by Crippen LogP contribution is -2.44. The summed E-state index contributed by atoms with van der Waals surface area (Å²) in [5, 5.41) is 0. The molecule has 4 rings (SSSR count). The van der Waals surface area contributed by atoms with Gasteiger partial charge in [0.15, 0.2) is 9.84 Å². The second-order valence-electron chi connectivity index (χ2n) is 8.17. The predicted octanol–water partition coefficient (Wildman–Crippen LogP) is 3.73. The standard InChI is InChI=1S/C23H29NO3S/c1-27-16-22-6-4-12-24(22)21-11-10-19-13-18(8-9-20(19)14-21)17-5-3-7-23(15-17)28(2,25)26/h3,5,7-9,13,15,21-22H,4,6,10-12,14,16H2,1-2H3. The van der Waals surface area contributed by atoms with E-state index in [2.05, 4.69) is 23.1 Å². The molecule has 5 heteroatoms. The van der Waals surface area contributed by atoms with Crippen LogP contribution in [0.1, 0.15) is 30.4 Å². The summed E-state index contributed by atoms with van der Waals surface area (Å²) >= 11 is 0. The highest BCUT2D eigenvalue weighted by molar-refractivity contribution is 7.90. The number of fused-ring (bicyclic) bond motifs is 1. The van der Waals surface area contributed by atoms with Crippen LogP contribution in [-0.4, -0.2) is 51.9 Å². The molecule has 2 atom stereocenters. The van der Waals surface area contributed by atoms with Gasteiger partial charge in [-0.1, -0.05) is 30.3 Å². The Hall–Kier alpha value is -1.69. The average Bonchev–Trinajstić information content (AvgIpc) is 3.15. The minimum atomic E-state index is -3.19. The summed E-state index contributed by atoms with van der Waals surface area (Å²) in [6, 6.07) is 15.1. The van der Waals surface area contributed by atoms with E-state index in [9.17, 15) is 8.42 Å². The van der Waals surface area contributed by atoms with Gasteiger partial charge in [-0.25, -0.2) is 8.42 Å². The van der Waals surface area contributed by atoms with E-state index >= 15 is 0 Å². The number of rotatable bonds is 5. The normalized spacial score (nSPS) is 22.9. The first-order chi connectivity index (χ1) is 13.5. The van der Waals surface area contributed by atoms with Crippen molar-refractivity contribution in [1.82, 2.24) is 4.90 Å². The van der Waals surface area contributed by atoms with Gasteiger partial charge in [-0.3, -0.25) is 4.90 Å². The molecule has 2 aromatic rings. The van der Waals surface area contributed by atoms with E-state index in [0.29, 0.717) is 17.0 Å². The van der Waals surface area contributed by atoms with E-state index in [0.717, 1.165) is 30.6 Å². The smallest absolute Gasteiger partial charge is 0.175 e. The van der Waals surface area contributed by atoms with Crippen LogP contribution in [0, 0.1) is 0 Å². The lowest BCUT2D eigenvalue weighted by molar-refractivity contribution is 0.0837. The first-order valence-corrected chi connectivity index (χ1v) is 12.0. The fourth-order valence-corrected chi connectivity index (χ4v) is 5.48. The van der Waals surface area contributed by atoms with Crippen LogP contribution in [0.4, 0.5) is 0 Å². The van der Waals surface area contributed by atoms with Crippen LogP contribution in [-0.2, 0) is 27.4 Å². The highest BCUT2D eigenvalue weighted by Gasteiger charge is 2.32. The molecule has 1 fully saturated rings. The molecule has 0 radical (unpaired) electrons. The van der Waals surface area contributed by atoms with Gasteiger partial charge in [0.05, 0.1) is 11.5 Å². The van der Waals surface area contributed by atoms with Crippen molar-refractivity contribution in [1.29, 1.82) is 0 Å². The van der Waals surface area contributed by atoms with Gasteiger partial charge in [0.2, 0.25) is 0 Å². The number of hydrogen-bond acceptors (Lipinski definition) is 4. The Bertz CT molecular complexity index is 954. The monoisotopic (exact) mass is 399 g/mol. The molecule has 28 heavy (non-hydrogen) atoms. The molecular weight excluding hydrogens is 370 g/mol. The Labute approximate surface area is 168 Å². The van der Waals surface area contributed by atoms with Crippen LogP contribution in [0.5, 0.6) is 0 Å². The van der Waals surface area contributed by atoms with Gasteiger partial charge in [-0.2, -0.15) is 0 Å². The van der Waals surface area contributed by atoms with Crippen molar-refractivity contribution in [3.05, 3.63) is 53.6 Å². The van der Waals surface area contributed by atoms with E-state index in [1.54, 1.807) is 19.2 Å². The largest absolute Gasteiger partial charge is 0.383 e. The van der Waals surface area contributed by atoms with Crippen LogP contribution in [0.2, 0.25) is 0 Å². The molecule has 2 aliphatic rings. The van der Waals surface area contributed by atoms with E-state index in [1.807, 2.05) is 12.1 Å². The zero-order valence-corrected chi connectivity index (χ0v) is 17.5. The third-order valence-corrected chi connectivity index (χ3v) is 7.37. The molecule has 1 heterocycles. The molecule has 0 aromatic heterocycles. The fraction of sp³-hybridized carbons (Fsp3) is 0.478. The van der Waals surface area contributed by atoms with Crippen molar-refractivity contribution < 1.29 is 13.2 Å². The number of ether oxygens (including phenoxy) is 1. The molecule has 0 spiro atoms. The first-order valence-electron chi connectivity index (χ1n) is 10.1. The molecule has 150 valence electrons. The molecule has 2 unspecified atom stereocenters. The third-order valence-electron chi connectivity index (χ3n) is 6.25. The maximum atomic E-state index is 11.9. The number of methoxy groups -OCH3 is 1. The molecule has 0 saturated carbocycles. The summed E-state index contributed by atoms with van der Waals surface area (Å²) in [6.45, 7) is 2.02. The zero-order valence-electron chi connectivity index (χ0n) is 16.7. The van der Waals surface area contributed by atoms with E-state index < -0.39 is 9.84 Å². The number of aryl methyl sites for hydroxylation is 1. The van der Waals surface area contributed by atoms with Crippen molar-refractivity contribution in [2.45, 2.75) is 49.1 Å². The molecule has 0 N–H and O–H groups in total. The summed E-state index contributed by atoms with van der Waals surface area (Å²) in [6.07, 6.45) is 7.13. The SMILES string of the molecule is COCC1CCCN1C1CCc2cc(-c3cccc(S(C)(=O)=O)c3)ccc2C1. The third kappa shape index (κ3) is 4.02. The molecular formula is C23H29NO3S. The van der Waals surface area contributed by atoms with Crippen molar-refractivity contribution in [3.8, 4) is 11.1 Å². The summed E-state index contributed by atoms with van der Waals surface area (Å²) in [4.78, 5) is 3.04. The van der Waals surface area contributed by atoms with Crippen LogP contribution in [0.3, 0.4) is 0 Å². The topological polar surface area (TPSA) is 46.6 Å². The molecule has 1 aliphatic carbocycles. The lowest BCUT2D eigenvalue weighted by atomic mass is 9.85. The maximum Gasteiger partial charge on any atom is 0.175 e.